The van der Waals surface area contributed by atoms with Gasteiger partial charge in [-0.05, 0) is 45.9 Å². The molecule has 1 fully saturated rings. The Hall–Kier alpha value is -1.67. The first-order valence-corrected chi connectivity index (χ1v) is 11.3. The summed E-state index contributed by atoms with van der Waals surface area (Å²) in [4.78, 5) is 4.76. The van der Waals surface area contributed by atoms with E-state index in [1.165, 1.54) is 33.6 Å². The van der Waals surface area contributed by atoms with Crippen LogP contribution in [0.1, 0.15) is 101 Å². The average Bonchev–Trinajstić information content (AvgIpc) is 3.15. The van der Waals surface area contributed by atoms with E-state index in [0.717, 1.165) is 13.1 Å². The zero-order chi connectivity index (χ0) is 21.3. The second kappa shape index (κ2) is 10.1. The van der Waals surface area contributed by atoms with Gasteiger partial charge in [-0.1, -0.05) is 91.8 Å². The number of halogens is 1. The van der Waals surface area contributed by atoms with Gasteiger partial charge in [0, 0.05) is 24.5 Å². The predicted octanol–water partition coefficient (Wildman–Crippen LogP) is 7.92. The van der Waals surface area contributed by atoms with Crippen LogP contribution in [0.15, 0.2) is 36.4 Å². The summed E-state index contributed by atoms with van der Waals surface area (Å²) in [6.45, 7) is 24.1. The molecule has 2 radical (unpaired) electrons. The number of hydrogen-bond donors (Lipinski definition) is 0. The van der Waals surface area contributed by atoms with E-state index < -0.39 is 0 Å². The standard InChI is InChI=1S/C27H38N2.ClH/c1-18(2)22-11-9-12-23(19(3)4)26(22)28-15-16-29(17-28)27-24(20(5)6)13-10-14-25(27)21(7)8;/h9-14,18-21H,15-16H2,1-8H3;1H. The SMILES string of the molecule is CC(C)c1cccc(C(C)C)c1N1[C]N(c2c(C(C)C)cccc2C(C)C)CC1.Cl. The molecule has 164 valence electrons. The van der Waals surface area contributed by atoms with Crippen LogP contribution in [0.5, 0.6) is 0 Å². The van der Waals surface area contributed by atoms with Crippen LogP contribution in [-0.4, -0.2) is 13.1 Å². The molecule has 1 aliphatic rings. The number of rotatable bonds is 6. The summed E-state index contributed by atoms with van der Waals surface area (Å²) in [6, 6.07) is 13.6. The minimum Gasteiger partial charge on any atom is -0.339 e. The number of hydrogen-bond acceptors (Lipinski definition) is 2. The highest BCUT2D eigenvalue weighted by Crippen LogP contribution is 2.41. The summed E-state index contributed by atoms with van der Waals surface area (Å²) in [6.07, 6.45) is 0. The molecule has 0 atom stereocenters. The lowest BCUT2D eigenvalue weighted by atomic mass is 9.92. The van der Waals surface area contributed by atoms with Gasteiger partial charge in [-0.3, -0.25) is 0 Å². The molecule has 2 aromatic rings. The van der Waals surface area contributed by atoms with Crippen LogP contribution in [0.25, 0.3) is 0 Å². The summed E-state index contributed by atoms with van der Waals surface area (Å²) in [5, 5.41) is 0. The van der Waals surface area contributed by atoms with Crippen molar-refractivity contribution >= 4 is 23.8 Å². The Labute approximate surface area is 191 Å². The quantitative estimate of drug-likeness (QED) is 0.462. The van der Waals surface area contributed by atoms with Crippen molar-refractivity contribution in [3.05, 3.63) is 65.3 Å². The van der Waals surface area contributed by atoms with Gasteiger partial charge in [0.15, 0.2) is 0 Å². The Morgan fingerprint density at radius 2 is 0.833 bits per heavy atom. The van der Waals surface area contributed by atoms with E-state index >= 15 is 0 Å². The van der Waals surface area contributed by atoms with E-state index in [0.29, 0.717) is 23.7 Å². The van der Waals surface area contributed by atoms with Crippen molar-refractivity contribution in [2.24, 2.45) is 0 Å². The Kier molecular flexibility index (Phi) is 8.27. The van der Waals surface area contributed by atoms with Gasteiger partial charge in [-0.15, -0.1) is 12.4 Å². The average molecular weight is 427 g/mol. The molecule has 0 N–H and O–H groups in total. The van der Waals surface area contributed by atoms with Crippen LogP contribution in [0.2, 0.25) is 0 Å². The van der Waals surface area contributed by atoms with Crippen LogP contribution >= 0.6 is 12.4 Å². The molecule has 0 spiro atoms. The van der Waals surface area contributed by atoms with Gasteiger partial charge in [-0.25, -0.2) is 0 Å². The summed E-state index contributed by atoms with van der Waals surface area (Å²) < 4.78 is 0. The minimum atomic E-state index is 0. The van der Waals surface area contributed by atoms with Crippen LogP contribution in [0.3, 0.4) is 0 Å². The van der Waals surface area contributed by atoms with E-state index in [1.54, 1.807) is 0 Å². The molecule has 0 saturated carbocycles. The maximum Gasteiger partial charge on any atom is 0.208 e. The fourth-order valence-electron chi connectivity index (χ4n) is 4.42. The fraction of sp³-hybridized carbons (Fsp3) is 0.519. The molecule has 1 aliphatic heterocycles. The van der Waals surface area contributed by atoms with Gasteiger partial charge in [0.25, 0.3) is 0 Å². The second-order valence-electron chi connectivity index (χ2n) is 9.59. The van der Waals surface area contributed by atoms with Crippen molar-refractivity contribution in [3.8, 4) is 0 Å². The minimum absolute atomic E-state index is 0. The van der Waals surface area contributed by atoms with Crippen molar-refractivity contribution in [1.82, 2.24) is 0 Å². The molecule has 2 aromatic carbocycles. The topological polar surface area (TPSA) is 6.48 Å². The third-order valence-corrected chi connectivity index (χ3v) is 6.01. The van der Waals surface area contributed by atoms with E-state index in [-0.39, 0.29) is 12.4 Å². The van der Waals surface area contributed by atoms with Crippen LogP contribution in [0, 0.1) is 6.67 Å². The predicted molar refractivity (Wildman–Crippen MR) is 134 cm³/mol. The molecule has 3 heteroatoms. The molecule has 3 rings (SSSR count). The van der Waals surface area contributed by atoms with Crippen LogP contribution in [-0.2, 0) is 0 Å². The van der Waals surface area contributed by atoms with Gasteiger partial charge >= 0.3 is 0 Å². The number of anilines is 2. The van der Waals surface area contributed by atoms with E-state index in [9.17, 15) is 0 Å². The van der Waals surface area contributed by atoms with Crippen LogP contribution in [0.4, 0.5) is 11.4 Å². The highest BCUT2D eigenvalue weighted by atomic mass is 35.5. The number of para-hydroxylation sites is 2. The zero-order valence-corrected chi connectivity index (χ0v) is 20.8. The molecular formula is C27H39ClN2. The molecular weight excluding hydrogens is 388 g/mol. The molecule has 30 heavy (non-hydrogen) atoms. The molecule has 1 saturated heterocycles. The maximum absolute atomic E-state index is 3.77. The highest BCUT2D eigenvalue weighted by Gasteiger charge is 2.30. The third kappa shape index (κ3) is 4.80. The van der Waals surface area contributed by atoms with E-state index in [2.05, 4.69) is 108 Å². The summed E-state index contributed by atoms with van der Waals surface area (Å²) in [5.74, 6) is 1.98. The van der Waals surface area contributed by atoms with Crippen molar-refractivity contribution in [3.63, 3.8) is 0 Å². The molecule has 1 heterocycles. The van der Waals surface area contributed by atoms with E-state index in [1.807, 2.05) is 0 Å². The number of benzene rings is 2. The number of nitrogens with zero attached hydrogens (tertiary/aromatic N) is 2. The van der Waals surface area contributed by atoms with Crippen LogP contribution < -0.4 is 9.80 Å². The summed E-state index contributed by atoms with van der Waals surface area (Å²) in [5.41, 5.74) is 8.43. The molecule has 2 nitrogen and oxygen atoms in total. The van der Waals surface area contributed by atoms with Gasteiger partial charge in [-0.2, -0.15) is 0 Å². The lowest BCUT2D eigenvalue weighted by Gasteiger charge is -2.29. The van der Waals surface area contributed by atoms with Gasteiger partial charge in [0.1, 0.15) is 0 Å². The van der Waals surface area contributed by atoms with Crippen molar-refractivity contribution < 1.29 is 0 Å². The normalized spacial score (nSPS) is 14.4. The first-order chi connectivity index (χ1) is 13.7. The van der Waals surface area contributed by atoms with Crippen molar-refractivity contribution in [1.29, 1.82) is 0 Å². The Bertz CT molecular complexity index is 717. The first-order valence-electron chi connectivity index (χ1n) is 11.3. The van der Waals surface area contributed by atoms with Gasteiger partial charge < -0.3 is 9.80 Å². The molecule has 0 amide bonds. The molecule has 0 aromatic heterocycles. The lowest BCUT2D eigenvalue weighted by molar-refractivity contribution is 0.816. The van der Waals surface area contributed by atoms with Gasteiger partial charge in [0.05, 0.1) is 0 Å². The van der Waals surface area contributed by atoms with Crippen molar-refractivity contribution in [2.75, 3.05) is 22.9 Å². The second-order valence-corrected chi connectivity index (χ2v) is 9.59. The van der Waals surface area contributed by atoms with Crippen molar-refractivity contribution in [2.45, 2.75) is 79.1 Å². The van der Waals surface area contributed by atoms with Gasteiger partial charge in [0.2, 0.25) is 6.67 Å². The smallest absolute Gasteiger partial charge is 0.208 e. The first kappa shape index (κ1) is 24.6. The fourth-order valence-corrected chi connectivity index (χ4v) is 4.42. The van der Waals surface area contributed by atoms with E-state index in [4.69, 9.17) is 0 Å². The molecule has 0 bridgehead atoms. The summed E-state index contributed by atoms with van der Waals surface area (Å²) >= 11 is 0. The molecule has 0 aliphatic carbocycles. The Morgan fingerprint density at radius 3 is 1.07 bits per heavy atom. The Morgan fingerprint density at radius 1 is 0.567 bits per heavy atom. The third-order valence-electron chi connectivity index (χ3n) is 6.01. The largest absolute Gasteiger partial charge is 0.339 e. The zero-order valence-electron chi connectivity index (χ0n) is 20.0. The molecule has 0 unspecified atom stereocenters. The lowest BCUT2D eigenvalue weighted by Crippen LogP contribution is -2.23. The highest BCUT2D eigenvalue weighted by molar-refractivity contribution is 5.85. The Balaban J connectivity index is 0.00000320. The maximum atomic E-state index is 3.77. The summed E-state index contributed by atoms with van der Waals surface area (Å²) in [7, 11) is 0. The monoisotopic (exact) mass is 426 g/mol.